The van der Waals surface area contributed by atoms with Crippen molar-refractivity contribution < 1.29 is 9.53 Å². The number of halogens is 1. The van der Waals surface area contributed by atoms with Crippen molar-refractivity contribution in [2.45, 2.75) is 13.3 Å². The highest BCUT2D eigenvalue weighted by Crippen LogP contribution is 2.16. The third kappa shape index (κ3) is 2.42. The molecule has 1 heterocycles. The van der Waals surface area contributed by atoms with Crippen LogP contribution in [0.3, 0.4) is 0 Å². The average molecular weight is 200 g/mol. The minimum atomic E-state index is -0.273. The summed E-state index contributed by atoms with van der Waals surface area (Å²) in [4.78, 5) is 14.8. The highest BCUT2D eigenvalue weighted by atomic mass is 35.5. The van der Waals surface area contributed by atoms with Crippen molar-refractivity contribution in [3.8, 4) is 0 Å². The van der Waals surface area contributed by atoms with Crippen molar-refractivity contribution in [2.24, 2.45) is 0 Å². The molecule has 0 aliphatic heterocycles. The number of pyridine rings is 1. The second kappa shape index (κ2) is 4.23. The molecule has 0 unspecified atom stereocenters. The molecule has 0 atom stereocenters. The average Bonchev–Trinajstić information content (AvgIpc) is 2.13. The summed E-state index contributed by atoms with van der Waals surface area (Å²) in [6.07, 6.45) is 1.82. The predicted molar refractivity (Wildman–Crippen MR) is 49.7 cm³/mol. The molecule has 0 spiro atoms. The fraction of sp³-hybridized carbons (Fsp3) is 0.333. The summed E-state index contributed by atoms with van der Waals surface area (Å²) in [6, 6.07) is 1.76. The van der Waals surface area contributed by atoms with Crippen molar-refractivity contribution in [3.05, 3.63) is 28.5 Å². The van der Waals surface area contributed by atoms with Crippen LogP contribution in [0, 0.1) is 6.92 Å². The van der Waals surface area contributed by atoms with Gasteiger partial charge >= 0.3 is 5.97 Å². The van der Waals surface area contributed by atoms with E-state index >= 15 is 0 Å². The molecule has 0 amide bonds. The van der Waals surface area contributed by atoms with E-state index in [1.807, 2.05) is 6.92 Å². The number of carbonyl (C=O) groups is 1. The number of hydrogen-bond acceptors (Lipinski definition) is 3. The maximum Gasteiger partial charge on any atom is 0.309 e. The van der Waals surface area contributed by atoms with E-state index in [0.717, 1.165) is 11.1 Å². The van der Waals surface area contributed by atoms with Gasteiger partial charge in [-0.3, -0.25) is 4.79 Å². The minimum Gasteiger partial charge on any atom is -0.469 e. The van der Waals surface area contributed by atoms with Crippen molar-refractivity contribution in [1.29, 1.82) is 0 Å². The second-order valence-corrected chi connectivity index (χ2v) is 3.00. The van der Waals surface area contributed by atoms with E-state index < -0.39 is 0 Å². The molecule has 13 heavy (non-hydrogen) atoms. The van der Waals surface area contributed by atoms with Crippen molar-refractivity contribution >= 4 is 17.6 Å². The zero-order valence-electron chi connectivity index (χ0n) is 7.50. The summed E-state index contributed by atoms with van der Waals surface area (Å²) in [7, 11) is 1.36. The lowest BCUT2D eigenvalue weighted by atomic mass is 10.1. The first kappa shape index (κ1) is 9.99. The molecule has 0 aromatic carbocycles. The molecule has 0 bridgehead atoms. The molecular formula is C9H10ClNO2. The minimum absolute atomic E-state index is 0.241. The van der Waals surface area contributed by atoms with E-state index in [4.69, 9.17) is 11.6 Å². The van der Waals surface area contributed by atoms with Crippen LogP contribution in [0.25, 0.3) is 0 Å². The maximum absolute atomic E-state index is 11.0. The molecule has 0 saturated heterocycles. The Kier molecular flexibility index (Phi) is 3.25. The van der Waals surface area contributed by atoms with E-state index in [2.05, 4.69) is 9.72 Å². The number of esters is 1. The van der Waals surface area contributed by atoms with Crippen LogP contribution in [-0.4, -0.2) is 18.1 Å². The molecule has 3 nitrogen and oxygen atoms in total. The maximum atomic E-state index is 11.0. The van der Waals surface area contributed by atoms with E-state index in [1.165, 1.54) is 7.11 Å². The molecule has 0 N–H and O–H groups in total. The van der Waals surface area contributed by atoms with Gasteiger partial charge in [0.15, 0.2) is 0 Å². The summed E-state index contributed by atoms with van der Waals surface area (Å²) in [5.74, 6) is -0.273. The lowest BCUT2D eigenvalue weighted by Crippen LogP contribution is -2.06. The zero-order valence-corrected chi connectivity index (χ0v) is 8.26. The van der Waals surface area contributed by atoms with E-state index in [1.54, 1.807) is 12.3 Å². The van der Waals surface area contributed by atoms with E-state index in [-0.39, 0.29) is 12.4 Å². The summed E-state index contributed by atoms with van der Waals surface area (Å²) in [6.45, 7) is 1.83. The van der Waals surface area contributed by atoms with Crippen LogP contribution in [-0.2, 0) is 16.0 Å². The molecule has 0 saturated carbocycles. The molecule has 70 valence electrons. The normalized spacial score (nSPS) is 9.77. The number of nitrogens with zero attached hydrogens (tertiary/aromatic N) is 1. The smallest absolute Gasteiger partial charge is 0.309 e. The quantitative estimate of drug-likeness (QED) is 0.538. The molecule has 0 radical (unpaired) electrons. The lowest BCUT2D eigenvalue weighted by Gasteiger charge is -2.04. The molecule has 1 aromatic heterocycles. The van der Waals surface area contributed by atoms with Crippen molar-refractivity contribution in [1.82, 2.24) is 4.98 Å². The van der Waals surface area contributed by atoms with Gasteiger partial charge in [-0.25, -0.2) is 4.98 Å². The zero-order chi connectivity index (χ0) is 9.84. The highest BCUT2D eigenvalue weighted by molar-refractivity contribution is 6.30. The summed E-state index contributed by atoms with van der Waals surface area (Å²) >= 11 is 5.78. The Bertz CT molecular complexity index is 325. The predicted octanol–water partition coefficient (Wildman–Crippen LogP) is 1.76. The Balaban J connectivity index is 2.89. The molecule has 1 aromatic rings. The van der Waals surface area contributed by atoms with Gasteiger partial charge in [0.1, 0.15) is 5.15 Å². The van der Waals surface area contributed by atoms with Gasteiger partial charge in [-0.15, -0.1) is 0 Å². The Hall–Kier alpha value is -1.09. The van der Waals surface area contributed by atoms with Crippen molar-refractivity contribution in [2.75, 3.05) is 7.11 Å². The van der Waals surface area contributed by atoms with Gasteiger partial charge in [0, 0.05) is 6.20 Å². The first-order chi connectivity index (χ1) is 6.15. The first-order valence-electron chi connectivity index (χ1n) is 3.82. The lowest BCUT2D eigenvalue weighted by molar-refractivity contribution is -0.139. The number of methoxy groups -OCH3 is 1. The van der Waals surface area contributed by atoms with Gasteiger partial charge in [-0.2, -0.15) is 0 Å². The van der Waals surface area contributed by atoms with Crippen LogP contribution in [0.15, 0.2) is 12.3 Å². The second-order valence-electron chi connectivity index (χ2n) is 2.64. The fourth-order valence-electron chi connectivity index (χ4n) is 0.966. The molecule has 0 fully saturated rings. The van der Waals surface area contributed by atoms with Crippen LogP contribution < -0.4 is 0 Å². The Morgan fingerprint density at radius 1 is 1.69 bits per heavy atom. The van der Waals surface area contributed by atoms with E-state index in [0.29, 0.717) is 5.15 Å². The molecule has 4 heteroatoms. The summed E-state index contributed by atoms with van der Waals surface area (Å²) < 4.78 is 4.55. The van der Waals surface area contributed by atoms with Gasteiger partial charge in [0.2, 0.25) is 0 Å². The largest absolute Gasteiger partial charge is 0.469 e. The third-order valence-corrected chi connectivity index (χ3v) is 2.20. The number of ether oxygens (including phenoxy) is 1. The van der Waals surface area contributed by atoms with E-state index in [9.17, 15) is 4.79 Å². The number of rotatable bonds is 2. The molecular weight excluding hydrogens is 190 g/mol. The number of aromatic nitrogens is 1. The molecule has 0 aliphatic carbocycles. The highest BCUT2D eigenvalue weighted by Gasteiger charge is 2.07. The fourth-order valence-corrected chi connectivity index (χ4v) is 1.14. The van der Waals surface area contributed by atoms with Crippen LogP contribution in [0.4, 0.5) is 0 Å². The Morgan fingerprint density at radius 2 is 2.38 bits per heavy atom. The van der Waals surface area contributed by atoms with Crippen molar-refractivity contribution in [3.63, 3.8) is 0 Å². The van der Waals surface area contributed by atoms with Gasteiger partial charge < -0.3 is 4.74 Å². The number of hydrogen-bond donors (Lipinski definition) is 0. The van der Waals surface area contributed by atoms with Gasteiger partial charge in [0.25, 0.3) is 0 Å². The van der Waals surface area contributed by atoms with Gasteiger partial charge in [0.05, 0.1) is 13.5 Å². The monoisotopic (exact) mass is 199 g/mol. The molecule has 0 aliphatic rings. The Labute approximate surface area is 81.7 Å². The van der Waals surface area contributed by atoms with Gasteiger partial charge in [-0.05, 0) is 24.1 Å². The van der Waals surface area contributed by atoms with Gasteiger partial charge in [-0.1, -0.05) is 11.6 Å². The van der Waals surface area contributed by atoms with Crippen LogP contribution in [0.2, 0.25) is 5.15 Å². The summed E-state index contributed by atoms with van der Waals surface area (Å²) in [5, 5.41) is 0.432. The topological polar surface area (TPSA) is 39.2 Å². The van der Waals surface area contributed by atoms with Crippen LogP contribution in [0.5, 0.6) is 0 Å². The number of carbonyl (C=O) groups excluding carboxylic acids is 1. The SMILES string of the molecule is COC(=O)Cc1ccnc(Cl)c1C. The van der Waals surface area contributed by atoms with Crippen LogP contribution in [0.1, 0.15) is 11.1 Å². The first-order valence-corrected chi connectivity index (χ1v) is 4.19. The standard InChI is InChI=1S/C9H10ClNO2/c1-6-7(5-8(12)13-2)3-4-11-9(6)10/h3-4H,5H2,1-2H3. The molecule has 1 rings (SSSR count). The Morgan fingerprint density at radius 3 is 3.00 bits per heavy atom. The third-order valence-electron chi connectivity index (χ3n) is 1.82. The van der Waals surface area contributed by atoms with Crippen LogP contribution >= 0.6 is 11.6 Å². The summed E-state index contributed by atoms with van der Waals surface area (Å²) in [5.41, 5.74) is 1.68.